The van der Waals surface area contributed by atoms with Crippen molar-refractivity contribution >= 4 is 32.1 Å². The van der Waals surface area contributed by atoms with Gasteiger partial charge in [-0.25, -0.2) is 13.8 Å². The maximum atomic E-state index is 15.4. The number of benzene rings is 2. The molecular formula is C42H38F7N5O3S. The van der Waals surface area contributed by atoms with Crippen LogP contribution in [0.4, 0.5) is 30.7 Å². The van der Waals surface area contributed by atoms with Gasteiger partial charge in [0.05, 0.1) is 22.7 Å². The number of ketones is 1. The summed E-state index contributed by atoms with van der Waals surface area (Å²) in [6.07, 6.45) is -1.86. The highest BCUT2D eigenvalue weighted by Crippen LogP contribution is 2.68. The maximum Gasteiger partial charge on any atom is 0.435 e. The molecule has 8 nitrogen and oxygen atoms in total. The number of aromatic nitrogens is 5. The zero-order chi connectivity index (χ0) is 41.5. The average Bonchev–Trinajstić information content (AvgIpc) is 3.36. The van der Waals surface area contributed by atoms with Crippen LogP contribution in [0.3, 0.4) is 0 Å². The topological polar surface area (TPSA) is 103 Å². The van der Waals surface area contributed by atoms with Crippen molar-refractivity contribution in [3.05, 3.63) is 99.8 Å². The molecule has 3 aliphatic rings. The van der Waals surface area contributed by atoms with Gasteiger partial charge in [-0.2, -0.15) is 32.1 Å². The Hall–Kier alpha value is -5.01. The molecule has 0 aliphatic heterocycles. The summed E-state index contributed by atoms with van der Waals surface area (Å²) in [6.45, 7) is -0.925. The van der Waals surface area contributed by atoms with Crippen LogP contribution in [-0.4, -0.2) is 57.4 Å². The standard InChI is InChI=1S/C42H38F7N5O3S/c1-53-37-30(7-6-8-31(37)34(51-53)22-58(2,3)57)29-10-9-27(11-14-40(56)12-4-5-13-40)50-36(29)24(15-23-16-25(43)19-26(44)17-23)18-28(55)21-54-39-35(38(52-54)42(47,48)49)32-20-33(32)41(39,45)46/h6-10,16-17,19,24,32-33,56H,2,4-5,12-13,15,18,20-22H2,1,3H3/t24-,32+,33-,58?/m1/s1. The lowest BCUT2D eigenvalue weighted by molar-refractivity contribution is -0.142. The Morgan fingerprint density at radius 1 is 1.07 bits per heavy atom. The Morgan fingerprint density at radius 2 is 1.78 bits per heavy atom. The Balaban J connectivity index is 1.26. The summed E-state index contributed by atoms with van der Waals surface area (Å²) >= 11 is 0. The second kappa shape index (κ2) is 14.1. The molecule has 58 heavy (non-hydrogen) atoms. The van der Waals surface area contributed by atoms with Crippen molar-refractivity contribution in [2.45, 2.75) is 86.8 Å². The first kappa shape index (κ1) is 39.8. The summed E-state index contributed by atoms with van der Waals surface area (Å²) in [4.78, 5) is 19.0. The molecule has 0 amide bonds. The van der Waals surface area contributed by atoms with Crippen LogP contribution in [0.2, 0.25) is 0 Å². The van der Waals surface area contributed by atoms with E-state index in [1.165, 1.54) is 6.26 Å². The minimum absolute atomic E-state index is 0.0757. The lowest BCUT2D eigenvalue weighted by Gasteiger charge is -2.21. The summed E-state index contributed by atoms with van der Waals surface area (Å²) in [5, 5.41) is 19.8. The highest BCUT2D eigenvalue weighted by molar-refractivity contribution is 7.98. The predicted octanol–water partition coefficient (Wildman–Crippen LogP) is 7.83. The molecule has 4 atom stereocenters. The predicted molar refractivity (Wildman–Crippen MR) is 204 cm³/mol. The van der Waals surface area contributed by atoms with E-state index in [1.807, 2.05) is 0 Å². The summed E-state index contributed by atoms with van der Waals surface area (Å²) in [5.74, 6) is 0.144. The number of aryl methyl sites for hydroxylation is 1. The van der Waals surface area contributed by atoms with E-state index < -0.39 is 92.3 Å². The van der Waals surface area contributed by atoms with E-state index in [9.17, 15) is 36.1 Å². The molecule has 1 unspecified atom stereocenters. The molecule has 1 N–H and O–H groups in total. The van der Waals surface area contributed by atoms with E-state index in [0.717, 1.165) is 25.0 Å². The zero-order valence-electron chi connectivity index (χ0n) is 31.5. The number of alkyl halides is 5. The van der Waals surface area contributed by atoms with Crippen LogP contribution in [0.15, 0.2) is 48.5 Å². The molecule has 16 heteroatoms. The van der Waals surface area contributed by atoms with Crippen LogP contribution in [0.1, 0.15) is 90.0 Å². The number of rotatable bonds is 10. The van der Waals surface area contributed by atoms with E-state index in [2.05, 4.69) is 27.9 Å². The van der Waals surface area contributed by atoms with Crippen LogP contribution in [0.5, 0.6) is 0 Å². The van der Waals surface area contributed by atoms with E-state index in [1.54, 1.807) is 42.1 Å². The number of aliphatic hydroxyl groups is 1. The number of carbonyl (C=O) groups excluding carboxylic acids is 1. The van der Waals surface area contributed by atoms with Gasteiger partial charge in [-0.1, -0.05) is 24.1 Å². The molecule has 8 rings (SSSR count). The second-order valence-electron chi connectivity index (χ2n) is 16.0. The molecule has 5 aromatic rings. The fourth-order valence-electron chi connectivity index (χ4n) is 8.75. The third kappa shape index (κ3) is 7.54. The molecule has 304 valence electrons. The van der Waals surface area contributed by atoms with Gasteiger partial charge in [-0.3, -0.25) is 18.4 Å². The highest BCUT2D eigenvalue weighted by Gasteiger charge is 2.68. The lowest BCUT2D eigenvalue weighted by atomic mass is 9.86. The number of hydrogen-bond donors (Lipinski definition) is 1. The van der Waals surface area contributed by atoms with Crippen molar-refractivity contribution in [2.24, 2.45) is 13.0 Å². The van der Waals surface area contributed by atoms with Gasteiger partial charge in [0.25, 0.3) is 5.92 Å². The quantitative estimate of drug-likeness (QED) is 0.0876. The molecule has 2 aromatic carbocycles. The van der Waals surface area contributed by atoms with Crippen molar-refractivity contribution in [1.29, 1.82) is 0 Å². The lowest BCUT2D eigenvalue weighted by Crippen LogP contribution is -2.24. The van der Waals surface area contributed by atoms with Crippen LogP contribution in [0, 0.1) is 29.4 Å². The number of fused-ring (bicyclic) bond motifs is 4. The van der Waals surface area contributed by atoms with Crippen LogP contribution in [-0.2, 0) is 52.2 Å². The number of halogens is 7. The zero-order valence-corrected chi connectivity index (χ0v) is 32.3. The minimum atomic E-state index is -5.03. The van der Waals surface area contributed by atoms with Crippen molar-refractivity contribution < 1.29 is 44.8 Å². The van der Waals surface area contributed by atoms with E-state index in [-0.39, 0.29) is 35.5 Å². The Labute approximate surface area is 329 Å². The Morgan fingerprint density at radius 3 is 2.45 bits per heavy atom. The Bertz CT molecular complexity index is 2650. The van der Waals surface area contributed by atoms with Gasteiger partial charge >= 0.3 is 6.18 Å². The summed E-state index contributed by atoms with van der Waals surface area (Å²) in [6, 6.07) is 11.5. The molecule has 0 bridgehead atoms. The van der Waals surface area contributed by atoms with Gasteiger partial charge in [-0.15, -0.1) is 0 Å². The number of nitrogens with zero attached hydrogens (tertiary/aromatic N) is 5. The first-order chi connectivity index (χ1) is 27.2. The fourth-order valence-corrected chi connectivity index (χ4v) is 9.54. The van der Waals surface area contributed by atoms with Crippen molar-refractivity contribution in [1.82, 2.24) is 24.5 Å². The minimum Gasteiger partial charge on any atom is -0.378 e. The van der Waals surface area contributed by atoms with Crippen LogP contribution < -0.4 is 0 Å². The SMILES string of the molecule is C=S(C)(=O)Cc1nn(C)c2c(-c3ccc(C#CC4(O)CCCC4)nc3[C@@H](CC(=O)Cn3nc(C(F)(F)F)c4c3C(F)(F)[C@@H]3C[C@H]43)Cc3cc(F)cc(F)c3)cccc12. The molecule has 3 aliphatic carbocycles. The fraction of sp³-hybridized carbons (Fsp3) is 0.405. The third-order valence-corrected chi connectivity index (χ3v) is 12.1. The van der Waals surface area contributed by atoms with Gasteiger partial charge in [0, 0.05) is 59.7 Å². The molecular weight excluding hydrogens is 788 g/mol. The summed E-state index contributed by atoms with van der Waals surface area (Å²) in [5.41, 5.74) is -1.53. The third-order valence-electron chi connectivity index (χ3n) is 11.2. The Kier molecular flexibility index (Phi) is 9.66. The highest BCUT2D eigenvalue weighted by atomic mass is 32.2. The monoisotopic (exact) mass is 825 g/mol. The number of carbonyl (C=O) groups is 1. The molecule has 0 radical (unpaired) electrons. The van der Waals surface area contributed by atoms with Gasteiger partial charge in [0.15, 0.2) is 11.5 Å². The first-order valence-electron chi connectivity index (χ1n) is 18.7. The molecule has 0 saturated heterocycles. The number of Topliss-reactive ketones (excluding diaryl/α,β-unsaturated/α-hetero) is 1. The number of pyridine rings is 1. The molecule has 2 saturated carbocycles. The van der Waals surface area contributed by atoms with E-state index >= 15 is 8.78 Å². The summed E-state index contributed by atoms with van der Waals surface area (Å²) < 4.78 is 117. The molecule has 0 spiro atoms. The van der Waals surface area contributed by atoms with Crippen LogP contribution >= 0.6 is 0 Å². The normalized spacial score (nSPS) is 20.6. The van der Waals surface area contributed by atoms with Gasteiger partial charge in [0.1, 0.15) is 35.2 Å². The number of para-hydroxylation sites is 1. The van der Waals surface area contributed by atoms with Gasteiger partial charge < -0.3 is 5.11 Å². The second-order valence-corrected chi connectivity index (χ2v) is 18.6. The van der Waals surface area contributed by atoms with Crippen molar-refractivity contribution in [3.8, 4) is 23.0 Å². The average molecular weight is 826 g/mol. The molecule has 2 fully saturated rings. The molecule has 3 heterocycles. The van der Waals surface area contributed by atoms with Crippen molar-refractivity contribution in [3.63, 3.8) is 0 Å². The van der Waals surface area contributed by atoms with E-state index in [0.29, 0.717) is 51.3 Å². The van der Waals surface area contributed by atoms with E-state index in [4.69, 9.17) is 4.98 Å². The first-order valence-corrected chi connectivity index (χ1v) is 21.1. The van der Waals surface area contributed by atoms with Gasteiger partial charge in [-0.05, 0) is 95.6 Å². The number of hydrogen-bond acceptors (Lipinski definition) is 6. The summed E-state index contributed by atoms with van der Waals surface area (Å²) in [7, 11) is -0.824. The van der Waals surface area contributed by atoms with Gasteiger partial charge in [0.2, 0.25) is 0 Å². The molecule has 3 aromatic heterocycles. The van der Waals surface area contributed by atoms with Crippen LogP contribution in [0.25, 0.3) is 22.0 Å². The van der Waals surface area contributed by atoms with Crippen molar-refractivity contribution in [2.75, 3.05) is 6.26 Å². The largest absolute Gasteiger partial charge is 0.435 e. The maximum absolute atomic E-state index is 15.4. The smallest absolute Gasteiger partial charge is 0.378 e.